The molecule has 3 N–H and O–H groups in total. The summed E-state index contributed by atoms with van der Waals surface area (Å²) >= 11 is 0. The number of methoxy groups -OCH3 is 1. The van der Waals surface area contributed by atoms with Crippen molar-refractivity contribution in [1.82, 2.24) is 16.0 Å². The van der Waals surface area contributed by atoms with E-state index in [4.69, 9.17) is 9.47 Å². The summed E-state index contributed by atoms with van der Waals surface area (Å²) in [6.07, 6.45) is -1.36. The van der Waals surface area contributed by atoms with Crippen molar-refractivity contribution in [2.75, 3.05) is 20.7 Å². The van der Waals surface area contributed by atoms with Crippen LogP contribution in [0.25, 0.3) is 0 Å². The molecule has 0 aliphatic carbocycles. The summed E-state index contributed by atoms with van der Waals surface area (Å²) in [5.41, 5.74) is 0.623. The fourth-order valence-electron chi connectivity index (χ4n) is 2.39. The maximum Gasteiger partial charge on any atom is 0.326 e. The van der Waals surface area contributed by atoms with Crippen LogP contribution >= 0.6 is 0 Å². The van der Waals surface area contributed by atoms with Crippen molar-refractivity contribution in [2.24, 2.45) is 0 Å². The van der Waals surface area contributed by atoms with Gasteiger partial charge < -0.3 is 20.1 Å². The van der Waals surface area contributed by atoms with Crippen LogP contribution in [0.1, 0.15) is 22.0 Å². The molecular weight excluding hydrogens is 378 g/mol. The molecule has 0 spiro atoms. The Morgan fingerprint density at radius 3 is 2.28 bits per heavy atom. The van der Waals surface area contributed by atoms with E-state index < -0.39 is 36.5 Å². The fourth-order valence-corrected chi connectivity index (χ4v) is 2.39. The summed E-state index contributed by atoms with van der Waals surface area (Å²) in [6.45, 7) is -0.479. The summed E-state index contributed by atoms with van der Waals surface area (Å²) in [5.74, 6) is -1.86. The van der Waals surface area contributed by atoms with E-state index in [0.717, 1.165) is 0 Å². The first-order valence-corrected chi connectivity index (χ1v) is 8.64. The normalized spacial score (nSPS) is 11.0. The number of carbonyl (C=O) groups excluding carboxylic acids is 4. The second-order valence-corrected chi connectivity index (χ2v) is 5.73. The van der Waals surface area contributed by atoms with Crippen LogP contribution in [0.5, 0.6) is 5.75 Å². The maximum absolute atomic E-state index is 12.3. The number of imide groups is 1. The van der Waals surface area contributed by atoms with Gasteiger partial charge in [-0.15, -0.1) is 0 Å². The molecule has 0 aliphatic heterocycles. The van der Waals surface area contributed by atoms with Gasteiger partial charge in [0.25, 0.3) is 11.8 Å². The Kier molecular flexibility index (Phi) is 7.72. The molecule has 0 bridgehead atoms. The Balaban J connectivity index is 2.05. The zero-order valence-corrected chi connectivity index (χ0v) is 15.9. The minimum absolute atomic E-state index is 0.250. The number of para-hydroxylation sites is 1. The van der Waals surface area contributed by atoms with Crippen molar-refractivity contribution in [3.63, 3.8) is 0 Å². The number of amides is 4. The van der Waals surface area contributed by atoms with Gasteiger partial charge in [-0.05, 0) is 12.1 Å². The lowest BCUT2D eigenvalue weighted by atomic mass is 10.1. The van der Waals surface area contributed by atoms with Gasteiger partial charge in [-0.1, -0.05) is 42.5 Å². The number of benzene rings is 2. The van der Waals surface area contributed by atoms with Crippen molar-refractivity contribution in [1.29, 1.82) is 0 Å². The van der Waals surface area contributed by atoms with E-state index in [2.05, 4.69) is 16.0 Å². The standard InChI is InChI=1S/C20H21N3O6/c1-21-20(27)23-19(26)17(13-8-4-3-5-9-13)29-16(24)12-22-18(25)14-10-6-7-11-15(14)28-2/h3-11,17H,12H2,1-2H3,(H,22,25)(H2,21,23,26,27)/t17-/m0/s1. The molecule has 0 heterocycles. The molecule has 4 amide bonds. The van der Waals surface area contributed by atoms with Gasteiger partial charge in [-0.2, -0.15) is 0 Å². The predicted octanol–water partition coefficient (Wildman–Crippen LogP) is 1.17. The van der Waals surface area contributed by atoms with Crippen LogP contribution in [0.15, 0.2) is 54.6 Å². The summed E-state index contributed by atoms with van der Waals surface area (Å²) in [5, 5.41) is 6.73. The molecule has 0 aromatic heterocycles. The zero-order chi connectivity index (χ0) is 21.2. The minimum atomic E-state index is -1.36. The van der Waals surface area contributed by atoms with Crippen molar-refractivity contribution in [2.45, 2.75) is 6.10 Å². The van der Waals surface area contributed by atoms with E-state index in [1.165, 1.54) is 14.2 Å². The molecule has 0 fully saturated rings. The number of esters is 1. The maximum atomic E-state index is 12.3. The average molecular weight is 399 g/mol. The molecule has 9 nitrogen and oxygen atoms in total. The smallest absolute Gasteiger partial charge is 0.326 e. The SMILES string of the molecule is CNC(=O)NC(=O)[C@@H](OC(=O)CNC(=O)c1ccccc1OC)c1ccccc1. The van der Waals surface area contributed by atoms with Crippen molar-refractivity contribution < 1.29 is 28.7 Å². The predicted molar refractivity (Wildman–Crippen MR) is 103 cm³/mol. The number of hydrogen-bond acceptors (Lipinski definition) is 6. The fraction of sp³-hybridized carbons (Fsp3) is 0.200. The van der Waals surface area contributed by atoms with Crippen molar-refractivity contribution in [3.05, 3.63) is 65.7 Å². The number of nitrogens with one attached hydrogen (secondary N) is 3. The molecule has 152 valence electrons. The van der Waals surface area contributed by atoms with Crippen LogP contribution in [-0.4, -0.2) is 44.5 Å². The number of rotatable bonds is 7. The van der Waals surface area contributed by atoms with Crippen molar-refractivity contribution >= 4 is 23.8 Å². The van der Waals surface area contributed by atoms with Gasteiger partial charge in [0, 0.05) is 12.6 Å². The van der Waals surface area contributed by atoms with Crippen LogP contribution in [0.3, 0.4) is 0 Å². The molecule has 0 radical (unpaired) electrons. The second-order valence-electron chi connectivity index (χ2n) is 5.73. The first kappa shape index (κ1) is 21.4. The lowest BCUT2D eigenvalue weighted by Crippen LogP contribution is -2.42. The largest absolute Gasteiger partial charge is 0.496 e. The quantitative estimate of drug-likeness (QED) is 0.601. The van der Waals surface area contributed by atoms with E-state index >= 15 is 0 Å². The van der Waals surface area contributed by atoms with Gasteiger partial charge in [0.15, 0.2) is 0 Å². The molecule has 2 aromatic rings. The van der Waals surface area contributed by atoms with Gasteiger partial charge >= 0.3 is 12.0 Å². The third kappa shape index (κ3) is 6.06. The Bertz CT molecular complexity index is 885. The Hall–Kier alpha value is -3.88. The molecule has 0 aliphatic rings. The van der Waals surface area contributed by atoms with E-state index in [0.29, 0.717) is 11.3 Å². The minimum Gasteiger partial charge on any atom is -0.496 e. The van der Waals surface area contributed by atoms with Crippen molar-refractivity contribution in [3.8, 4) is 5.75 Å². The lowest BCUT2D eigenvalue weighted by Gasteiger charge is -2.17. The lowest BCUT2D eigenvalue weighted by molar-refractivity contribution is -0.155. The van der Waals surface area contributed by atoms with E-state index in [1.807, 2.05) is 0 Å². The van der Waals surface area contributed by atoms with Gasteiger partial charge in [0.2, 0.25) is 6.10 Å². The third-order valence-corrected chi connectivity index (χ3v) is 3.80. The van der Waals surface area contributed by atoms with Crippen LogP contribution in [0.2, 0.25) is 0 Å². The van der Waals surface area contributed by atoms with Crippen LogP contribution in [0, 0.1) is 0 Å². The van der Waals surface area contributed by atoms with Crippen LogP contribution in [-0.2, 0) is 14.3 Å². The van der Waals surface area contributed by atoms with Gasteiger partial charge in [-0.3, -0.25) is 19.7 Å². The molecule has 0 saturated carbocycles. The van der Waals surface area contributed by atoms with E-state index in [9.17, 15) is 19.2 Å². The number of ether oxygens (including phenoxy) is 2. The van der Waals surface area contributed by atoms with Crippen LogP contribution < -0.4 is 20.7 Å². The van der Waals surface area contributed by atoms with Gasteiger partial charge in [0.05, 0.1) is 12.7 Å². The first-order valence-electron chi connectivity index (χ1n) is 8.64. The summed E-state index contributed by atoms with van der Waals surface area (Å²) in [6, 6.07) is 14.0. The molecule has 9 heteroatoms. The highest BCUT2D eigenvalue weighted by molar-refractivity contribution is 5.99. The highest BCUT2D eigenvalue weighted by Gasteiger charge is 2.26. The molecule has 0 unspecified atom stereocenters. The Morgan fingerprint density at radius 1 is 0.966 bits per heavy atom. The second kappa shape index (κ2) is 10.5. The Labute approximate surface area is 167 Å². The Morgan fingerprint density at radius 2 is 1.62 bits per heavy atom. The molecule has 29 heavy (non-hydrogen) atoms. The van der Waals surface area contributed by atoms with Gasteiger partial charge in [0.1, 0.15) is 12.3 Å². The topological polar surface area (TPSA) is 123 Å². The highest BCUT2D eigenvalue weighted by Crippen LogP contribution is 2.18. The third-order valence-electron chi connectivity index (χ3n) is 3.80. The number of urea groups is 1. The summed E-state index contributed by atoms with van der Waals surface area (Å²) in [4.78, 5) is 48.3. The van der Waals surface area contributed by atoms with Gasteiger partial charge in [-0.25, -0.2) is 4.79 Å². The van der Waals surface area contributed by atoms with E-state index in [-0.39, 0.29) is 5.56 Å². The first-order chi connectivity index (χ1) is 14.0. The summed E-state index contributed by atoms with van der Waals surface area (Å²) < 4.78 is 10.3. The molecule has 1 atom stereocenters. The average Bonchev–Trinajstić information content (AvgIpc) is 2.76. The highest BCUT2D eigenvalue weighted by atomic mass is 16.5. The monoisotopic (exact) mass is 399 g/mol. The molecule has 2 aromatic carbocycles. The zero-order valence-electron chi connectivity index (χ0n) is 15.9. The molecule has 2 rings (SSSR count). The molecular formula is C20H21N3O6. The van der Waals surface area contributed by atoms with E-state index in [1.54, 1.807) is 54.6 Å². The van der Waals surface area contributed by atoms with Crippen LogP contribution in [0.4, 0.5) is 4.79 Å². The number of hydrogen-bond donors (Lipinski definition) is 3. The number of carbonyl (C=O) groups is 4. The molecule has 0 saturated heterocycles. The summed E-state index contributed by atoms with van der Waals surface area (Å²) in [7, 11) is 2.77.